The summed E-state index contributed by atoms with van der Waals surface area (Å²) in [5, 5.41) is 5.80. The Hall–Kier alpha value is -2.14. The molecule has 2 aromatic carbocycles. The predicted molar refractivity (Wildman–Crippen MR) is 98.9 cm³/mol. The van der Waals surface area contributed by atoms with E-state index in [2.05, 4.69) is 26.6 Å². The third-order valence-corrected chi connectivity index (χ3v) is 4.76. The summed E-state index contributed by atoms with van der Waals surface area (Å²) in [6, 6.07) is 13.3. The van der Waals surface area contributed by atoms with Gasteiger partial charge in [-0.1, -0.05) is 28.1 Å². The van der Waals surface area contributed by atoms with Gasteiger partial charge in [-0.2, -0.15) is 0 Å². The van der Waals surface area contributed by atoms with E-state index in [1.54, 1.807) is 0 Å². The second-order valence-electron chi connectivity index (χ2n) is 6.25. The van der Waals surface area contributed by atoms with E-state index in [9.17, 15) is 9.59 Å². The SMILES string of the molecule is Cc1ccc(C)c(NC(=O)C2CC2C(=O)Nc2ccc(Br)cc2)c1. The smallest absolute Gasteiger partial charge is 0.228 e. The summed E-state index contributed by atoms with van der Waals surface area (Å²) in [6.45, 7) is 3.94. The summed E-state index contributed by atoms with van der Waals surface area (Å²) in [7, 11) is 0. The number of halogens is 1. The molecule has 1 aliphatic rings. The van der Waals surface area contributed by atoms with E-state index in [0.29, 0.717) is 6.42 Å². The molecule has 0 aromatic heterocycles. The fraction of sp³-hybridized carbons (Fsp3) is 0.263. The molecule has 0 spiro atoms. The van der Waals surface area contributed by atoms with Crippen molar-refractivity contribution in [3.05, 3.63) is 58.1 Å². The predicted octanol–water partition coefficient (Wildman–Crippen LogP) is 4.28. The Morgan fingerprint density at radius 2 is 1.58 bits per heavy atom. The molecule has 0 bridgehead atoms. The molecule has 2 N–H and O–H groups in total. The Balaban J connectivity index is 1.58. The summed E-state index contributed by atoms with van der Waals surface area (Å²) >= 11 is 3.36. The van der Waals surface area contributed by atoms with Gasteiger partial charge in [0.05, 0.1) is 11.8 Å². The molecule has 4 nitrogen and oxygen atoms in total. The molecule has 0 radical (unpaired) electrons. The van der Waals surface area contributed by atoms with E-state index in [0.717, 1.165) is 27.0 Å². The molecule has 1 saturated carbocycles. The first kappa shape index (κ1) is 16.7. The first-order chi connectivity index (χ1) is 11.4. The number of carbonyl (C=O) groups excluding carboxylic acids is 2. The van der Waals surface area contributed by atoms with Crippen LogP contribution in [-0.4, -0.2) is 11.8 Å². The van der Waals surface area contributed by atoms with Crippen molar-refractivity contribution >= 4 is 39.1 Å². The van der Waals surface area contributed by atoms with Gasteiger partial charge in [-0.25, -0.2) is 0 Å². The minimum atomic E-state index is -0.251. The molecule has 2 amide bonds. The standard InChI is InChI=1S/C19H19BrN2O2/c1-11-3-4-12(2)17(9-11)22-19(24)16-10-15(16)18(23)21-14-7-5-13(20)6-8-14/h3-9,15-16H,10H2,1-2H3,(H,21,23)(H,22,24). The van der Waals surface area contributed by atoms with Crippen LogP contribution in [0.4, 0.5) is 11.4 Å². The number of hydrogen-bond donors (Lipinski definition) is 2. The van der Waals surface area contributed by atoms with Gasteiger partial charge >= 0.3 is 0 Å². The molecule has 24 heavy (non-hydrogen) atoms. The highest BCUT2D eigenvalue weighted by Gasteiger charge is 2.48. The highest BCUT2D eigenvalue weighted by molar-refractivity contribution is 9.10. The van der Waals surface area contributed by atoms with Crippen molar-refractivity contribution in [2.45, 2.75) is 20.3 Å². The second-order valence-corrected chi connectivity index (χ2v) is 7.17. The lowest BCUT2D eigenvalue weighted by Gasteiger charge is -2.09. The van der Waals surface area contributed by atoms with Gasteiger partial charge in [0.1, 0.15) is 0 Å². The number of nitrogens with one attached hydrogen (secondary N) is 2. The molecule has 2 atom stereocenters. The molecule has 5 heteroatoms. The largest absolute Gasteiger partial charge is 0.326 e. The van der Waals surface area contributed by atoms with Gasteiger partial charge in [-0.05, 0) is 61.7 Å². The van der Waals surface area contributed by atoms with Crippen LogP contribution in [-0.2, 0) is 9.59 Å². The van der Waals surface area contributed by atoms with Crippen molar-refractivity contribution in [2.75, 3.05) is 10.6 Å². The van der Waals surface area contributed by atoms with Gasteiger partial charge in [0.25, 0.3) is 0 Å². The van der Waals surface area contributed by atoms with Crippen LogP contribution in [0.15, 0.2) is 46.9 Å². The van der Waals surface area contributed by atoms with Gasteiger partial charge in [0.2, 0.25) is 11.8 Å². The molecular weight excluding hydrogens is 368 g/mol. The van der Waals surface area contributed by atoms with E-state index in [1.807, 2.05) is 56.3 Å². The van der Waals surface area contributed by atoms with Crippen LogP contribution in [0.3, 0.4) is 0 Å². The average Bonchev–Trinajstić information content (AvgIpc) is 3.34. The highest BCUT2D eigenvalue weighted by Crippen LogP contribution is 2.40. The molecule has 0 aliphatic heterocycles. The quantitative estimate of drug-likeness (QED) is 0.823. The number of rotatable bonds is 4. The molecule has 0 saturated heterocycles. The molecule has 2 unspecified atom stereocenters. The number of anilines is 2. The maximum atomic E-state index is 12.4. The zero-order valence-electron chi connectivity index (χ0n) is 13.6. The molecule has 2 aromatic rings. The Morgan fingerprint density at radius 3 is 2.25 bits per heavy atom. The monoisotopic (exact) mass is 386 g/mol. The zero-order valence-corrected chi connectivity index (χ0v) is 15.2. The van der Waals surface area contributed by atoms with Crippen molar-refractivity contribution in [3.8, 4) is 0 Å². The topological polar surface area (TPSA) is 58.2 Å². The molecular formula is C19H19BrN2O2. The zero-order chi connectivity index (χ0) is 17.3. The minimum absolute atomic E-state index is 0.0837. The lowest BCUT2D eigenvalue weighted by molar-refractivity contribution is -0.122. The van der Waals surface area contributed by atoms with Crippen molar-refractivity contribution in [1.29, 1.82) is 0 Å². The number of amides is 2. The van der Waals surface area contributed by atoms with Gasteiger partial charge in [-0.15, -0.1) is 0 Å². The Labute approximate surface area is 149 Å². The van der Waals surface area contributed by atoms with Crippen LogP contribution in [0.25, 0.3) is 0 Å². The molecule has 1 aliphatic carbocycles. The fourth-order valence-corrected chi connectivity index (χ4v) is 2.90. The lowest BCUT2D eigenvalue weighted by atomic mass is 10.1. The fourth-order valence-electron chi connectivity index (χ4n) is 2.64. The number of aryl methyl sites for hydroxylation is 2. The summed E-state index contributed by atoms with van der Waals surface area (Å²) < 4.78 is 0.956. The van der Waals surface area contributed by atoms with Crippen LogP contribution in [0.2, 0.25) is 0 Å². The Bertz CT molecular complexity index is 786. The van der Waals surface area contributed by atoms with Gasteiger partial charge in [0, 0.05) is 15.8 Å². The maximum absolute atomic E-state index is 12.4. The normalized spacial score (nSPS) is 18.8. The third-order valence-electron chi connectivity index (χ3n) is 4.23. The van der Waals surface area contributed by atoms with Crippen LogP contribution >= 0.6 is 15.9 Å². The highest BCUT2D eigenvalue weighted by atomic mass is 79.9. The van der Waals surface area contributed by atoms with Crippen molar-refractivity contribution in [3.63, 3.8) is 0 Å². The van der Waals surface area contributed by atoms with E-state index in [4.69, 9.17) is 0 Å². The van der Waals surface area contributed by atoms with E-state index in [-0.39, 0.29) is 23.7 Å². The average molecular weight is 387 g/mol. The van der Waals surface area contributed by atoms with Crippen LogP contribution in [0, 0.1) is 25.7 Å². The first-order valence-corrected chi connectivity index (χ1v) is 8.68. The minimum Gasteiger partial charge on any atom is -0.326 e. The lowest BCUT2D eigenvalue weighted by Crippen LogP contribution is -2.20. The van der Waals surface area contributed by atoms with Crippen LogP contribution in [0.5, 0.6) is 0 Å². The van der Waals surface area contributed by atoms with E-state index in [1.165, 1.54) is 0 Å². The van der Waals surface area contributed by atoms with Gasteiger partial charge in [0.15, 0.2) is 0 Å². The molecule has 0 heterocycles. The molecule has 3 rings (SSSR count). The molecule has 124 valence electrons. The number of benzene rings is 2. The second kappa shape index (κ2) is 6.77. The summed E-state index contributed by atoms with van der Waals surface area (Å²) in [5.74, 6) is -0.683. The van der Waals surface area contributed by atoms with Crippen molar-refractivity contribution in [1.82, 2.24) is 0 Å². The van der Waals surface area contributed by atoms with Crippen LogP contribution < -0.4 is 10.6 Å². The van der Waals surface area contributed by atoms with Crippen molar-refractivity contribution < 1.29 is 9.59 Å². The number of hydrogen-bond acceptors (Lipinski definition) is 2. The van der Waals surface area contributed by atoms with Crippen molar-refractivity contribution in [2.24, 2.45) is 11.8 Å². The van der Waals surface area contributed by atoms with Gasteiger partial charge in [-0.3, -0.25) is 9.59 Å². The number of carbonyl (C=O) groups is 2. The van der Waals surface area contributed by atoms with Crippen LogP contribution in [0.1, 0.15) is 17.5 Å². The first-order valence-electron chi connectivity index (χ1n) is 7.88. The van der Waals surface area contributed by atoms with Gasteiger partial charge < -0.3 is 10.6 Å². The summed E-state index contributed by atoms with van der Waals surface area (Å²) in [4.78, 5) is 24.6. The summed E-state index contributed by atoms with van der Waals surface area (Å²) in [6.07, 6.45) is 0.596. The Morgan fingerprint density at radius 1 is 0.958 bits per heavy atom. The van der Waals surface area contributed by atoms with E-state index < -0.39 is 0 Å². The molecule has 1 fully saturated rings. The van der Waals surface area contributed by atoms with E-state index >= 15 is 0 Å². The third kappa shape index (κ3) is 3.85. The Kier molecular flexibility index (Phi) is 4.71. The summed E-state index contributed by atoms with van der Waals surface area (Å²) in [5.41, 5.74) is 3.67. The maximum Gasteiger partial charge on any atom is 0.228 e.